The zero-order valence-electron chi connectivity index (χ0n) is 18.0. The molecule has 0 heterocycles. The lowest BCUT2D eigenvalue weighted by atomic mass is 10.00. The summed E-state index contributed by atoms with van der Waals surface area (Å²) in [6, 6.07) is 23.1. The number of nitrogens with zero attached hydrogens (tertiary/aromatic N) is 3. The molecule has 0 aliphatic carbocycles. The standard InChI is InChI=1S/C25H22N4O3S/c1-2-33(31,32)29(25(30)24(28)15-18-6-5-7-19(14-18)16-26)22-12-10-20(11-13-22)23-9-4-3-8-21(23)17-27/h3-14,24H,2,15,28H2,1H3/t24-/m0/s1. The van der Waals surface area contributed by atoms with E-state index >= 15 is 0 Å². The average molecular weight is 459 g/mol. The summed E-state index contributed by atoms with van der Waals surface area (Å²) in [5.74, 6) is -1.04. The number of anilines is 1. The van der Waals surface area contributed by atoms with E-state index in [2.05, 4.69) is 6.07 Å². The van der Waals surface area contributed by atoms with Crippen molar-refractivity contribution in [2.24, 2.45) is 5.73 Å². The quantitative estimate of drug-likeness (QED) is 0.578. The number of amides is 1. The summed E-state index contributed by atoms with van der Waals surface area (Å²) in [7, 11) is -3.95. The molecule has 3 aromatic rings. The highest BCUT2D eigenvalue weighted by Crippen LogP contribution is 2.27. The molecular weight excluding hydrogens is 436 g/mol. The van der Waals surface area contributed by atoms with Gasteiger partial charge in [-0.15, -0.1) is 0 Å². The molecule has 8 heteroatoms. The minimum atomic E-state index is -3.95. The van der Waals surface area contributed by atoms with Crippen molar-refractivity contribution in [3.8, 4) is 23.3 Å². The molecule has 3 rings (SSSR count). The number of carbonyl (C=O) groups is 1. The maximum absolute atomic E-state index is 13.2. The molecule has 0 radical (unpaired) electrons. The van der Waals surface area contributed by atoms with Gasteiger partial charge >= 0.3 is 0 Å². The third kappa shape index (κ3) is 5.27. The molecule has 7 nitrogen and oxygen atoms in total. The number of nitriles is 2. The number of nitrogens with two attached hydrogens (primary N) is 1. The first-order valence-electron chi connectivity index (χ1n) is 10.2. The van der Waals surface area contributed by atoms with E-state index in [9.17, 15) is 18.5 Å². The fraction of sp³-hybridized carbons (Fsp3) is 0.160. The summed E-state index contributed by atoms with van der Waals surface area (Å²) in [6.45, 7) is 1.45. The van der Waals surface area contributed by atoms with Crippen LogP contribution in [0.3, 0.4) is 0 Å². The minimum absolute atomic E-state index is 0.0811. The monoisotopic (exact) mass is 458 g/mol. The molecule has 33 heavy (non-hydrogen) atoms. The first kappa shape index (κ1) is 23.7. The van der Waals surface area contributed by atoms with Crippen LogP contribution in [0.15, 0.2) is 72.8 Å². The molecule has 0 aliphatic heterocycles. The number of carbonyl (C=O) groups excluding carboxylic acids is 1. The van der Waals surface area contributed by atoms with Gasteiger partial charge in [0.2, 0.25) is 10.0 Å². The largest absolute Gasteiger partial charge is 0.320 e. The van der Waals surface area contributed by atoms with Gasteiger partial charge in [-0.05, 0) is 60.4 Å². The highest BCUT2D eigenvalue weighted by Gasteiger charge is 2.31. The van der Waals surface area contributed by atoms with Crippen LogP contribution in [0.5, 0.6) is 0 Å². The second-order valence-electron chi connectivity index (χ2n) is 7.33. The van der Waals surface area contributed by atoms with Crippen LogP contribution in [0.2, 0.25) is 0 Å². The average Bonchev–Trinajstić information content (AvgIpc) is 2.84. The van der Waals surface area contributed by atoms with Crippen LogP contribution in [0.25, 0.3) is 11.1 Å². The lowest BCUT2D eigenvalue weighted by Crippen LogP contribution is -2.48. The Balaban J connectivity index is 1.94. The maximum Gasteiger partial charge on any atom is 0.257 e. The fourth-order valence-electron chi connectivity index (χ4n) is 3.42. The molecule has 0 fully saturated rings. The zero-order valence-corrected chi connectivity index (χ0v) is 18.8. The lowest BCUT2D eigenvalue weighted by molar-refractivity contribution is -0.118. The summed E-state index contributed by atoms with van der Waals surface area (Å²) >= 11 is 0. The number of benzene rings is 3. The Kier molecular flexibility index (Phi) is 7.24. The van der Waals surface area contributed by atoms with E-state index in [0.717, 1.165) is 9.87 Å². The van der Waals surface area contributed by atoms with E-state index < -0.39 is 22.0 Å². The molecule has 0 unspecified atom stereocenters. The van der Waals surface area contributed by atoms with E-state index in [1.54, 1.807) is 54.6 Å². The second kappa shape index (κ2) is 10.1. The first-order chi connectivity index (χ1) is 15.8. The molecule has 0 bridgehead atoms. The maximum atomic E-state index is 13.2. The third-order valence-electron chi connectivity index (χ3n) is 5.13. The summed E-state index contributed by atoms with van der Waals surface area (Å²) in [6.07, 6.45) is 0.0811. The Morgan fingerprint density at radius 2 is 1.70 bits per heavy atom. The van der Waals surface area contributed by atoms with Crippen molar-refractivity contribution in [2.75, 3.05) is 10.1 Å². The SMILES string of the molecule is CCS(=O)(=O)N(C(=O)[C@@H](N)Cc1cccc(C#N)c1)c1ccc(-c2ccccc2C#N)cc1. The van der Waals surface area contributed by atoms with Crippen LogP contribution in [-0.4, -0.2) is 26.1 Å². The van der Waals surface area contributed by atoms with Gasteiger partial charge in [0.05, 0.1) is 40.7 Å². The van der Waals surface area contributed by atoms with Crippen molar-refractivity contribution >= 4 is 21.6 Å². The molecule has 3 aromatic carbocycles. The summed E-state index contributed by atoms with van der Waals surface area (Å²) in [4.78, 5) is 13.2. The number of hydrogen-bond donors (Lipinski definition) is 1. The normalized spacial score (nSPS) is 11.8. The molecule has 0 saturated carbocycles. The molecule has 1 atom stereocenters. The zero-order chi connectivity index (χ0) is 24.0. The summed E-state index contributed by atoms with van der Waals surface area (Å²) in [5, 5.41) is 18.4. The topological polar surface area (TPSA) is 128 Å². The van der Waals surface area contributed by atoms with Crippen LogP contribution in [0.4, 0.5) is 5.69 Å². The van der Waals surface area contributed by atoms with Gasteiger partial charge in [0, 0.05) is 0 Å². The Morgan fingerprint density at radius 3 is 2.33 bits per heavy atom. The first-order valence-corrected chi connectivity index (χ1v) is 11.8. The number of sulfonamides is 1. The van der Waals surface area contributed by atoms with Gasteiger partial charge in [-0.1, -0.05) is 42.5 Å². The van der Waals surface area contributed by atoms with Crippen LogP contribution < -0.4 is 10.0 Å². The molecule has 0 aromatic heterocycles. The van der Waals surface area contributed by atoms with E-state index in [-0.39, 0.29) is 17.9 Å². The molecule has 2 N–H and O–H groups in total. The lowest BCUT2D eigenvalue weighted by Gasteiger charge is -2.25. The highest BCUT2D eigenvalue weighted by molar-refractivity contribution is 7.93. The number of hydrogen-bond acceptors (Lipinski definition) is 6. The van der Waals surface area contributed by atoms with E-state index in [0.29, 0.717) is 22.3 Å². The molecule has 0 saturated heterocycles. The van der Waals surface area contributed by atoms with Crippen LogP contribution in [0, 0.1) is 22.7 Å². The Labute approximate surface area is 193 Å². The van der Waals surface area contributed by atoms with E-state index in [4.69, 9.17) is 11.0 Å². The van der Waals surface area contributed by atoms with Gasteiger partial charge in [-0.2, -0.15) is 10.5 Å². The van der Waals surface area contributed by atoms with Crippen molar-refractivity contribution in [3.63, 3.8) is 0 Å². The van der Waals surface area contributed by atoms with Gasteiger partial charge in [0.15, 0.2) is 0 Å². The molecule has 0 spiro atoms. The molecule has 0 aliphatic rings. The number of rotatable bonds is 7. The van der Waals surface area contributed by atoms with Crippen LogP contribution in [-0.2, 0) is 21.2 Å². The van der Waals surface area contributed by atoms with Gasteiger partial charge in [-0.3, -0.25) is 4.79 Å². The van der Waals surface area contributed by atoms with Crippen molar-refractivity contribution < 1.29 is 13.2 Å². The van der Waals surface area contributed by atoms with Crippen molar-refractivity contribution in [1.29, 1.82) is 10.5 Å². The predicted octanol–water partition coefficient (Wildman–Crippen LogP) is 3.35. The van der Waals surface area contributed by atoms with Gasteiger partial charge in [0.1, 0.15) is 0 Å². The van der Waals surface area contributed by atoms with E-state index in [1.165, 1.54) is 19.1 Å². The smallest absolute Gasteiger partial charge is 0.257 e. The van der Waals surface area contributed by atoms with Crippen molar-refractivity contribution in [2.45, 2.75) is 19.4 Å². The van der Waals surface area contributed by atoms with Crippen LogP contribution >= 0.6 is 0 Å². The highest BCUT2D eigenvalue weighted by atomic mass is 32.2. The minimum Gasteiger partial charge on any atom is -0.320 e. The van der Waals surface area contributed by atoms with Gasteiger partial charge in [-0.25, -0.2) is 12.7 Å². The Hall–Kier alpha value is -3.98. The van der Waals surface area contributed by atoms with Gasteiger partial charge in [0.25, 0.3) is 5.91 Å². The van der Waals surface area contributed by atoms with Crippen LogP contribution in [0.1, 0.15) is 23.6 Å². The van der Waals surface area contributed by atoms with Crippen molar-refractivity contribution in [3.05, 3.63) is 89.5 Å². The van der Waals surface area contributed by atoms with Gasteiger partial charge < -0.3 is 5.73 Å². The Bertz CT molecular complexity index is 1350. The van der Waals surface area contributed by atoms with E-state index in [1.807, 2.05) is 12.1 Å². The predicted molar refractivity (Wildman–Crippen MR) is 126 cm³/mol. The Morgan fingerprint density at radius 1 is 1.00 bits per heavy atom. The second-order valence-corrected chi connectivity index (χ2v) is 9.44. The summed E-state index contributed by atoms with van der Waals surface area (Å²) in [5.41, 5.74) is 9.28. The molecule has 166 valence electrons. The summed E-state index contributed by atoms with van der Waals surface area (Å²) < 4.78 is 26.4. The molecular formula is C25H22N4O3S. The van der Waals surface area contributed by atoms with Crippen molar-refractivity contribution in [1.82, 2.24) is 0 Å². The third-order valence-corrected chi connectivity index (χ3v) is 6.81. The fourth-order valence-corrected chi connectivity index (χ4v) is 4.53. The molecule has 1 amide bonds.